The smallest absolute Gasteiger partial charge is 0.248 e. The summed E-state index contributed by atoms with van der Waals surface area (Å²) in [6.07, 6.45) is 2.53. The largest absolute Gasteiger partial charge is 0.371 e. The van der Waals surface area contributed by atoms with E-state index in [4.69, 9.17) is 5.73 Å². The lowest BCUT2D eigenvalue weighted by atomic mass is 9.99. The van der Waals surface area contributed by atoms with Crippen LogP contribution in [0.15, 0.2) is 22.7 Å². The number of anilines is 1. The molecular formula is C15H22BrN3O. The number of carbonyl (C=O) groups excluding carboxylic acids is 1. The van der Waals surface area contributed by atoms with Crippen molar-refractivity contribution in [2.24, 2.45) is 11.7 Å². The Morgan fingerprint density at radius 3 is 2.90 bits per heavy atom. The maximum absolute atomic E-state index is 11.2. The number of halogens is 1. The van der Waals surface area contributed by atoms with Gasteiger partial charge in [0.2, 0.25) is 5.91 Å². The molecule has 1 aliphatic heterocycles. The normalized spacial score (nSPS) is 18.8. The van der Waals surface area contributed by atoms with Crippen molar-refractivity contribution in [2.45, 2.75) is 19.8 Å². The van der Waals surface area contributed by atoms with Crippen LogP contribution in [-0.4, -0.2) is 32.1 Å². The molecule has 20 heavy (non-hydrogen) atoms. The van der Waals surface area contributed by atoms with Crippen molar-refractivity contribution in [3.63, 3.8) is 0 Å². The van der Waals surface area contributed by atoms with Crippen LogP contribution < -0.4 is 16.0 Å². The zero-order valence-electron chi connectivity index (χ0n) is 11.9. The number of hydrogen-bond donors (Lipinski definition) is 2. The SMILES string of the molecule is CCN(CC1CCCNC1)c1ccc(C(N)=O)cc1Br. The number of benzene rings is 1. The number of piperidine rings is 1. The maximum Gasteiger partial charge on any atom is 0.248 e. The molecule has 0 bridgehead atoms. The van der Waals surface area contributed by atoms with E-state index in [-0.39, 0.29) is 0 Å². The third kappa shape index (κ3) is 3.73. The van der Waals surface area contributed by atoms with Crippen molar-refractivity contribution in [3.8, 4) is 0 Å². The van der Waals surface area contributed by atoms with E-state index in [1.165, 1.54) is 12.8 Å². The van der Waals surface area contributed by atoms with Gasteiger partial charge in [-0.2, -0.15) is 0 Å². The fourth-order valence-electron chi connectivity index (χ4n) is 2.71. The maximum atomic E-state index is 11.2. The molecule has 1 heterocycles. The first-order chi connectivity index (χ1) is 9.61. The summed E-state index contributed by atoms with van der Waals surface area (Å²) in [6.45, 7) is 6.38. The minimum atomic E-state index is -0.392. The van der Waals surface area contributed by atoms with Gasteiger partial charge >= 0.3 is 0 Å². The number of primary amides is 1. The first kappa shape index (κ1) is 15.3. The summed E-state index contributed by atoms with van der Waals surface area (Å²) in [5.74, 6) is 0.295. The third-order valence-corrected chi connectivity index (χ3v) is 4.47. The van der Waals surface area contributed by atoms with Crippen molar-refractivity contribution in [3.05, 3.63) is 28.2 Å². The number of hydrogen-bond acceptors (Lipinski definition) is 3. The highest BCUT2D eigenvalue weighted by Gasteiger charge is 2.18. The fraction of sp³-hybridized carbons (Fsp3) is 0.533. The van der Waals surface area contributed by atoms with Crippen LogP contribution in [0.1, 0.15) is 30.1 Å². The molecule has 1 aromatic carbocycles. The summed E-state index contributed by atoms with van der Waals surface area (Å²) in [5, 5.41) is 3.45. The van der Waals surface area contributed by atoms with Crippen LogP contribution in [0.2, 0.25) is 0 Å². The Morgan fingerprint density at radius 2 is 2.35 bits per heavy atom. The van der Waals surface area contributed by atoms with E-state index in [1.807, 2.05) is 6.07 Å². The Morgan fingerprint density at radius 1 is 1.55 bits per heavy atom. The lowest BCUT2D eigenvalue weighted by Gasteiger charge is -2.31. The van der Waals surface area contributed by atoms with Crippen LogP contribution in [-0.2, 0) is 0 Å². The third-order valence-electron chi connectivity index (χ3n) is 3.83. The molecule has 2 rings (SSSR count). The first-order valence-electron chi connectivity index (χ1n) is 7.16. The molecule has 0 saturated carbocycles. The van der Waals surface area contributed by atoms with E-state index in [9.17, 15) is 4.79 Å². The summed E-state index contributed by atoms with van der Waals surface area (Å²) in [7, 11) is 0. The van der Waals surface area contributed by atoms with Gasteiger partial charge in [-0.1, -0.05) is 0 Å². The number of carbonyl (C=O) groups is 1. The lowest BCUT2D eigenvalue weighted by molar-refractivity contribution is 0.100. The number of nitrogens with zero attached hydrogens (tertiary/aromatic N) is 1. The van der Waals surface area contributed by atoms with Crippen molar-refractivity contribution >= 4 is 27.5 Å². The molecule has 0 radical (unpaired) electrons. The van der Waals surface area contributed by atoms with Crippen LogP contribution in [0.3, 0.4) is 0 Å². The van der Waals surface area contributed by atoms with Gasteiger partial charge < -0.3 is 16.0 Å². The van der Waals surface area contributed by atoms with Crippen molar-refractivity contribution in [1.82, 2.24) is 5.32 Å². The fourth-order valence-corrected chi connectivity index (χ4v) is 3.34. The molecule has 110 valence electrons. The second-order valence-electron chi connectivity index (χ2n) is 5.28. The molecular weight excluding hydrogens is 318 g/mol. The Balaban J connectivity index is 2.12. The topological polar surface area (TPSA) is 58.4 Å². The summed E-state index contributed by atoms with van der Waals surface area (Å²) in [5.41, 5.74) is 6.97. The van der Waals surface area contributed by atoms with E-state index >= 15 is 0 Å². The first-order valence-corrected chi connectivity index (χ1v) is 7.96. The zero-order chi connectivity index (χ0) is 14.5. The van der Waals surface area contributed by atoms with Crippen LogP contribution >= 0.6 is 15.9 Å². The van der Waals surface area contributed by atoms with Crippen molar-refractivity contribution < 1.29 is 4.79 Å². The predicted molar refractivity (Wildman–Crippen MR) is 86.1 cm³/mol. The number of nitrogens with one attached hydrogen (secondary N) is 1. The number of rotatable bonds is 5. The van der Waals surface area contributed by atoms with Gasteiger partial charge in [-0.3, -0.25) is 4.79 Å². The highest BCUT2D eigenvalue weighted by molar-refractivity contribution is 9.10. The second kappa shape index (κ2) is 7.09. The van der Waals surface area contributed by atoms with Gasteiger partial charge in [0.05, 0.1) is 5.69 Å². The van der Waals surface area contributed by atoms with Gasteiger partial charge in [0, 0.05) is 23.1 Å². The highest BCUT2D eigenvalue weighted by atomic mass is 79.9. The molecule has 1 aromatic rings. The van der Waals surface area contributed by atoms with Crippen LogP contribution in [0.4, 0.5) is 5.69 Å². The van der Waals surface area contributed by atoms with Crippen LogP contribution in [0.25, 0.3) is 0 Å². The standard InChI is InChI=1S/C15H22BrN3O/c1-2-19(10-11-4-3-7-18-9-11)14-6-5-12(15(17)20)8-13(14)16/h5-6,8,11,18H,2-4,7,9-10H2,1H3,(H2,17,20). The van der Waals surface area contributed by atoms with Gasteiger partial charge in [0.15, 0.2) is 0 Å². The summed E-state index contributed by atoms with van der Waals surface area (Å²) in [4.78, 5) is 13.6. The van der Waals surface area contributed by atoms with E-state index < -0.39 is 5.91 Å². The van der Waals surface area contributed by atoms with Crippen molar-refractivity contribution in [1.29, 1.82) is 0 Å². The monoisotopic (exact) mass is 339 g/mol. The van der Waals surface area contributed by atoms with Gasteiger partial charge in [0.25, 0.3) is 0 Å². The predicted octanol–water partition coefficient (Wildman–Crippen LogP) is 2.37. The Hall–Kier alpha value is -1.07. The van der Waals surface area contributed by atoms with Crippen LogP contribution in [0.5, 0.6) is 0 Å². The molecule has 0 aliphatic carbocycles. The van der Waals surface area contributed by atoms with E-state index in [0.717, 1.165) is 36.3 Å². The Kier molecular flexibility index (Phi) is 5.43. The van der Waals surface area contributed by atoms with E-state index in [2.05, 4.69) is 33.1 Å². The van der Waals surface area contributed by atoms with Gasteiger partial charge in [-0.25, -0.2) is 0 Å². The zero-order valence-corrected chi connectivity index (χ0v) is 13.4. The van der Waals surface area contributed by atoms with E-state index in [0.29, 0.717) is 11.5 Å². The molecule has 1 atom stereocenters. The van der Waals surface area contributed by atoms with Gasteiger partial charge in [-0.05, 0) is 72.9 Å². The summed E-state index contributed by atoms with van der Waals surface area (Å²) < 4.78 is 0.930. The Labute approximate surface area is 128 Å². The van der Waals surface area contributed by atoms with Gasteiger partial charge in [-0.15, -0.1) is 0 Å². The average molecular weight is 340 g/mol. The molecule has 0 spiro atoms. The average Bonchev–Trinajstić information content (AvgIpc) is 2.46. The van der Waals surface area contributed by atoms with Crippen molar-refractivity contribution in [2.75, 3.05) is 31.1 Å². The van der Waals surface area contributed by atoms with Gasteiger partial charge in [0.1, 0.15) is 0 Å². The molecule has 1 amide bonds. The molecule has 0 aromatic heterocycles. The molecule has 4 nitrogen and oxygen atoms in total. The quantitative estimate of drug-likeness (QED) is 0.865. The molecule has 1 unspecified atom stereocenters. The molecule has 1 aliphatic rings. The second-order valence-corrected chi connectivity index (χ2v) is 6.14. The Bertz CT molecular complexity index is 472. The summed E-state index contributed by atoms with van der Waals surface area (Å²) >= 11 is 3.56. The highest BCUT2D eigenvalue weighted by Crippen LogP contribution is 2.28. The number of nitrogens with two attached hydrogens (primary N) is 1. The molecule has 1 fully saturated rings. The number of amides is 1. The summed E-state index contributed by atoms with van der Waals surface area (Å²) in [6, 6.07) is 5.58. The molecule has 3 N–H and O–H groups in total. The van der Waals surface area contributed by atoms with E-state index in [1.54, 1.807) is 12.1 Å². The lowest BCUT2D eigenvalue weighted by Crippen LogP contribution is -2.38. The minimum Gasteiger partial charge on any atom is -0.371 e. The molecule has 5 heteroatoms. The molecule has 1 saturated heterocycles. The minimum absolute atomic E-state index is 0.392. The van der Waals surface area contributed by atoms with Crippen LogP contribution in [0, 0.1) is 5.92 Å².